The van der Waals surface area contributed by atoms with Gasteiger partial charge in [-0.3, -0.25) is 0 Å². The van der Waals surface area contributed by atoms with Gasteiger partial charge < -0.3 is 15.0 Å². The SMILES string of the molecule is COC(C)CCC(N)Cc1nccn1C. The van der Waals surface area contributed by atoms with Crippen LogP contribution in [-0.2, 0) is 18.2 Å². The van der Waals surface area contributed by atoms with Gasteiger partial charge in [-0.15, -0.1) is 0 Å². The van der Waals surface area contributed by atoms with Crippen molar-refractivity contribution in [3.63, 3.8) is 0 Å². The Morgan fingerprint density at radius 3 is 2.80 bits per heavy atom. The van der Waals surface area contributed by atoms with Crippen LogP contribution in [0.1, 0.15) is 25.6 Å². The van der Waals surface area contributed by atoms with Crippen molar-refractivity contribution in [2.45, 2.75) is 38.3 Å². The van der Waals surface area contributed by atoms with Crippen molar-refractivity contribution >= 4 is 0 Å². The standard InChI is InChI=1S/C11H21N3O/c1-9(15-3)4-5-10(12)8-11-13-6-7-14(11)2/h6-7,9-10H,4-5,8,12H2,1-3H3. The number of aromatic nitrogens is 2. The van der Waals surface area contributed by atoms with E-state index in [1.807, 2.05) is 17.8 Å². The predicted octanol–water partition coefficient (Wildman–Crippen LogP) is 1.10. The molecule has 0 radical (unpaired) electrons. The summed E-state index contributed by atoms with van der Waals surface area (Å²) in [5.41, 5.74) is 6.03. The van der Waals surface area contributed by atoms with Crippen LogP contribution in [0.3, 0.4) is 0 Å². The molecule has 0 bridgehead atoms. The van der Waals surface area contributed by atoms with Crippen molar-refractivity contribution in [2.75, 3.05) is 7.11 Å². The topological polar surface area (TPSA) is 53.1 Å². The fourth-order valence-corrected chi connectivity index (χ4v) is 1.50. The Hall–Kier alpha value is -0.870. The quantitative estimate of drug-likeness (QED) is 0.766. The molecule has 0 aliphatic rings. The molecule has 2 unspecified atom stereocenters. The van der Waals surface area contributed by atoms with E-state index in [1.54, 1.807) is 13.3 Å². The van der Waals surface area contributed by atoms with Crippen LogP contribution in [0.4, 0.5) is 0 Å². The molecule has 2 atom stereocenters. The molecule has 0 amide bonds. The van der Waals surface area contributed by atoms with Crippen molar-refractivity contribution in [3.05, 3.63) is 18.2 Å². The average molecular weight is 211 g/mol. The molecule has 1 aromatic rings. The summed E-state index contributed by atoms with van der Waals surface area (Å²) in [6.07, 6.45) is 6.85. The molecule has 15 heavy (non-hydrogen) atoms. The van der Waals surface area contributed by atoms with E-state index in [-0.39, 0.29) is 12.1 Å². The molecule has 0 spiro atoms. The number of hydrogen-bond donors (Lipinski definition) is 1. The van der Waals surface area contributed by atoms with Crippen LogP contribution >= 0.6 is 0 Å². The van der Waals surface area contributed by atoms with Gasteiger partial charge in [0, 0.05) is 39.0 Å². The highest BCUT2D eigenvalue weighted by molar-refractivity contribution is 4.93. The molecule has 2 N–H and O–H groups in total. The Morgan fingerprint density at radius 2 is 2.27 bits per heavy atom. The van der Waals surface area contributed by atoms with Crippen LogP contribution in [0.15, 0.2) is 12.4 Å². The van der Waals surface area contributed by atoms with Gasteiger partial charge in [0.05, 0.1) is 6.10 Å². The van der Waals surface area contributed by atoms with Crippen LogP contribution in [0.5, 0.6) is 0 Å². The predicted molar refractivity (Wildman–Crippen MR) is 60.6 cm³/mol. The van der Waals surface area contributed by atoms with Gasteiger partial charge in [0.25, 0.3) is 0 Å². The summed E-state index contributed by atoms with van der Waals surface area (Å²) in [4.78, 5) is 4.25. The van der Waals surface area contributed by atoms with Gasteiger partial charge in [0.2, 0.25) is 0 Å². The molecular formula is C11H21N3O. The van der Waals surface area contributed by atoms with Crippen molar-refractivity contribution in [2.24, 2.45) is 12.8 Å². The summed E-state index contributed by atoms with van der Waals surface area (Å²) in [6, 6.07) is 0.170. The second-order valence-corrected chi connectivity index (χ2v) is 4.04. The molecule has 1 rings (SSSR count). The molecule has 86 valence electrons. The second kappa shape index (κ2) is 5.88. The summed E-state index contributed by atoms with van der Waals surface area (Å²) in [5, 5.41) is 0. The van der Waals surface area contributed by atoms with Gasteiger partial charge in [-0.1, -0.05) is 0 Å². The maximum atomic E-state index is 6.03. The first kappa shape index (κ1) is 12.2. The number of hydrogen-bond acceptors (Lipinski definition) is 3. The van der Waals surface area contributed by atoms with Gasteiger partial charge in [-0.05, 0) is 19.8 Å². The van der Waals surface area contributed by atoms with E-state index in [4.69, 9.17) is 10.5 Å². The van der Waals surface area contributed by atoms with Gasteiger partial charge in [0.15, 0.2) is 0 Å². The maximum Gasteiger partial charge on any atom is 0.109 e. The van der Waals surface area contributed by atoms with E-state index in [9.17, 15) is 0 Å². The minimum Gasteiger partial charge on any atom is -0.382 e. The zero-order valence-corrected chi connectivity index (χ0v) is 9.81. The van der Waals surface area contributed by atoms with Gasteiger partial charge in [-0.2, -0.15) is 0 Å². The summed E-state index contributed by atoms with van der Waals surface area (Å²) in [5.74, 6) is 1.05. The first-order chi connectivity index (χ1) is 7.13. The Labute approximate surface area is 91.4 Å². The van der Waals surface area contributed by atoms with E-state index >= 15 is 0 Å². The van der Waals surface area contributed by atoms with E-state index < -0.39 is 0 Å². The number of nitrogens with two attached hydrogens (primary N) is 1. The normalized spacial score (nSPS) is 15.2. The van der Waals surface area contributed by atoms with E-state index in [0.717, 1.165) is 25.1 Å². The third-order valence-corrected chi connectivity index (χ3v) is 2.71. The first-order valence-corrected chi connectivity index (χ1v) is 5.38. The lowest BCUT2D eigenvalue weighted by molar-refractivity contribution is 0.107. The minimum absolute atomic E-state index is 0.170. The molecule has 4 heteroatoms. The van der Waals surface area contributed by atoms with Crippen LogP contribution in [0.25, 0.3) is 0 Å². The highest BCUT2D eigenvalue weighted by Crippen LogP contribution is 2.06. The Kier molecular flexibility index (Phi) is 4.78. The van der Waals surface area contributed by atoms with Gasteiger partial charge >= 0.3 is 0 Å². The Bertz CT molecular complexity index is 285. The second-order valence-electron chi connectivity index (χ2n) is 4.04. The molecule has 0 saturated heterocycles. The zero-order valence-electron chi connectivity index (χ0n) is 9.81. The lowest BCUT2D eigenvalue weighted by Crippen LogP contribution is -2.25. The summed E-state index contributed by atoms with van der Waals surface area (Å²) >= 11 is 0. The average Bonchev–Trinajstić information content (AvgIpc) is 2.61. The van der Waals surface area contributed by atoms with E-state index in [2.05, 4.69) is 11.9 Å². The number of methoxy groups -OCH3 is 1. The molecule has 0 fully saturated rings. The third kappa shape index (κ3) is 4.01. The highest BCUT2D eigenvalue weighted by atomic mass is 16.5. The van der Waals surface area contributed by atoms with Crippen molar-refractivity contribution in [1.29, 1.82) is 0 Å². The number of ether oxygens (including phenoxy) is 1. The fourth-order valence-electron chi connectivity index (χ4n) is 1.50. The fraction of sp³-hybridized carbons (Fsp3) is 0.727. The van der Waals surface area contributed by atoms with Gasteiger partial charge in [0.1, 0.15) is 5.82 Å². The van der Waals surface area contributed by atoms with Crippen molar-refractivity contribution in [3.8, 4) is 0 Å². The molecular weight excluding hydrogens is 190 g/mol. The number of nitrogens with zero attached hydrogens (tertiary/aromatic N) is 2. The van der Waals surface area contributed by atoms with Gasteiger partial charge in [-0.25, -0.2) is 4.98 Å². The Morgan fingerprint density at radius 1 is 1.53 bits per heavy atom. The molecule has 1 aromatic heterocycles. The van der Waals surface area contributed by atoms with E-state index in [1.165, 1.54) is 0 Å². The Balaban J connectivity index is 2.30. The van der Waals surface area contributed by atoms with Crippen LogP contribution in [0, 0.1) is 0 Å². The monoisotopic (exact) mass is 211 g/mol. The number of aryl methyl sites for hydroxylation is 1. The molecule has 1 heterocycles. The lowest BCUT2D eigenvalue weighted by Gasteiger charge is -2.14. The largest absolute Gasteiger partial charge is 0.382 e. The van der Waals surface area contributed by atoms with Crippen molar-refractivity contribution < 1.29 is 4.74 Å². The zero-order chi connectivity index (χ0) is 11.3. The van der Waals surface area contributed by atoms with Crippen molar-refractivity contribution in [1.82, 2.24) is 9.55 Å². The van der Waals surface area contributed by atoms with Crippen LogP contribution in [-0.4, -0.2) is 28.8 Å². The minimum atomic E-state index is 0.170. The third-order valence-electron chi connectivity index (χ3n) is 2.71. The summed E-state index contributed by atoms with van der Waals surface area (Å²) < 4.78 is 7.20. The summed E-state index contributed by atoms with van der Waals surface area (Å²) in [7, 11) is 3.72. The van der Waals surface area contributed by atoms with Crippen LogP contribution in [0.2, 0.25) is 0 Å². The first-order valence-electron chi connectivity index (χ1n) is 5.38. The van der Waals surface area contributed by atoms with E-state index in [0.29, 0.717) is 0 Å². The molecule has 0 aliphatic carbocycles. The maximum absolute atomic E-state index is 6.03. The molecule has 0 saturated carbocycles. The number of rotatable bonds is 6. The summed E-state index contributed by atoms with van der Waals surface area (Å²) in [6.45, 7) is 2.06. The highest BCUT2D eigenvalue weighted by Gasteiger charge is 2.09. The number of imidazole rings is 1. The molecule has 0 aromatic carbocycles. The molecule has 0 aliphatic heterocycles. The smallest absolute Gasteiger partial charge is 0.109 e. The van der Waals surface area contributed by atoms with Crippen LogP contribution < -0.4 is 5.73 Å². The lowest BCUT2D eigenvalue weighted by atomic mass is 10.1. The molecule has 4 nitrogen and oxygen atoms in total.